The summed E-state index contributed by atoms with van der Waals surface area (Å²) >= 11 is 1.83. The summed E-state index contributed by atoms with van der Waals surface area (Å²) < 4.78 is 0. The van der Waals surface area contributed by atoms with Crippen molar-refractivity contribution in [1.29, 1.82) is 0 Å². The molecule has 0 spiro atoms. The molecule has 0 bridgehead atoms. The van der Waals surface area contributed by atoms with E-state index in [0.717, 1.165) is 6.54 Å². The summed E-state index contributed by atoms with van der Waals surface area (Å²) in [6, 6.07) is 0.521. The number of aryl methyl sites for hydroxylation is 1. The van der Waals surface area contributed by atoms with Gasteiger partial charge in [0.15, 0.2) is 0 Å². The van der Waals surface area contributed by atoms with E-state index in [4.69, 9.17) is 0 Å². The Bertz CT molecular complexity index is 309. The smallest absolute Gasteiger partial charge is 0.0897 e. The highest BCUT2D eigenvalue weighted by Gasteiger charge is 2.12. The molecule has 0 aromatic carbocycles. The van der Waals surface area contributed by atoms with Crippen molar-refractivity contribution in [2.45, 2.75) is 71.8 Å². The van der Waals surface area contributed by atoms with Crippen molar-refractivity contribution >= 4 is 11.3 Å². The molecule has 1 aromatic heterocycles. The highest BCUT2D eigenvalue weighted by Crippen LogP contribution is 2.25. The third kappa shape index (κ3) is 5.96. The molecule has 0 fully saturated rings. The lowest BCUT2D eigenvalue weighted by Crippen LogP contribution is -2.19. The molecule has 1 aromatic rings. The standard InChI is InChI=1S/C15H28N2S/c1-4-6-7-8-9-10-11-14(16-5-2)15-12-17-13(3)18-15/h12,14,16H,4-11H2,1-3H3. The molecule has 0 aliphatic carbocycles. The minimum atomic E-state index is 0.521. The summed E-state index contributed by atoms with van der Waals surface area (Å²) in [6.45, 7) is 7.58. The van der Waals surface area contributed by atoms with Crippen molar-refractivity contribution < 1.29 is 0 Å². The minimum Gasteiger partial charge on any atom is -0.309 e. The summed E-state index contributed by atoms with van der Waals surface area (Å²) in [4.78, 5) is 5.77. The SMILES string of the molecule is CCCCCCCCC(NCC)c1cnc(C)s1. The Balaban J connectivity index is 2.26. The second kappa shape index (κ2) is 9.51. The highest BCUT2D eigenvalue weighted by atomic mass is 32.1. The van der Waals surface area contributed by atoms with Crippen molar-refractivity contribution in [3.8, 4) is 0 Å². The van der Waals surface area contributed by atoms with Gasteiger partial charge in [-0.1, -0.05) is 52.4 Å². The highest BCUT2D eigenvalue weighted by molar-refractivity contribution is 7.11. The van der Waals surface area contributed by atoms with Gasteiger partial charge in [0.1, 0.15) is 0 Å². The van der Waals surface area contributed by atoms with Crippen molar-refractivity contribution in [3.63, 3.8) is 0 Å². The van der Waals surface area contributed by atoms with Crippen LogP contribution in [0.3, 0.4) is 0 Å². The van der Waals surface area contributed by atoms with Crippen LogP contribution < -0.4 is 5.32 Å². The Kier molecular flexibility index (Phi) is 8.27. The predicted molar refractivity (Wildman–Crippen MR) is 81.3 cm³/mol. The van der Waals surface area contributed by atoms with Gasteiger partial charge < -0.3 is 5.32 Å². The van der Waals surface area contributed by atoms with Gasteiger partial charge in [-0.15, -0.1) is 11.3 Å². The molecule has 0 aliphatic rings. The van der Waals surface area contributed by atoms with Gasteiger partial charge in [-0.25, -0.2) is 4.98 Å². The zero-order valence-corrected chi connectivity index (χ0v) is 13.0. The molecule has 1 N–H and O–H groups in total. The van der Waals surface area contributed by atoms with Crippen LogP contribution in [0.25, 0.3) is 0 Å². The van der Waals surface area contributed by atoms with E-state index in [1.165, 1.54) is 54.8 Å². The van der Waals surface area contributed by atoms with Crippen LogP contribution in [0.5, 0.6) is 0 Å². The van der Waals surface area contributed by atoms with Gasteiger partial charge in [0, 0.05) is 17.1 Å². The van der Waals surface area contributed by atoms with Crippen LogP contribution in [0.15, 0.2) is 6.20 Å². The quantitative estimate of drug-likeness (QED) is 0.613. The lowest BCUT2D eigenvalue weighted by molar-refractivity contribution is 0.482. The first-order valence-electron chi connectivity index (χ1n) is 7.43. The molecule has 2 nitrogen and oxygen atoms in total. The largest absolute Gasteiger partial charge is 0.309 e. The molecule has 1 rings (SSSR count). The minimum absolute atomic E-state index is 0.521. The maximum atomic E-state index is 4.37. The molecule has 1 unspecified atom stereocenters. The molecule has 1 atom stereocenters. The molecule has 0 radical (unpaired) electrons. The summed E-state index contributed by atoms with van der Waals surface area (Å²) in [5.74, 6) is 0. The van der Waals surface area contributed by atoms with Gasteiger partial charge in [0.2, 0.25) is 0 Å². The van der Waals surface area contributed by atoms with E-state index in [1.54, 1.807) is 0 Å². The molecule has 0 saturated heterocycles. The average Bonchev–Trinajstić information content (AvgIpc) is 2.79. The number of hydrogen-bond donors (Lipinski definition) is 1. The zero-order chi connectivity index (χ0) is 13.2. The summed E-state index contributed by atoms with van der Waals surface area (Å²) in [5.41, 5.74) is 0. The normalized spacial score (nSPS) is 12.8. The lowest BCUT2D eigenvalue weighted by atomic mass is 10.0. The third-order valence-corrected chi connectivity index (χ3v) is 4.31. The van der Waals surface area contributed by atoms with E-state index in [9.17, 15) is 0 Å². The third-order valence-electron chi connectivity index (χ3n) is 3.28. The topological polar surface area (TPSA) is 24.9 Å². The van der Waals surface area contributed by atoms with Crippen molar-refractivity contribution in [2.24, 2.45) is 0 Å². The van der Waals surface area contributed by atoms with Gasteiger partial charge in [-0.05, 0) is 19.9 Å². The first-order valence-corrected chi connectivity index (χ1v) is 8.25. The Labute approximate surface area is 116 Å². The first kappa shape index (κ1) is 15.6. The van der Waals surface area contributed by atoms with Crippen molar-refractivity contribution in [2.75, 3.05) is 6.54 Å². The fourth-order valence-corrected chi connectivity index (χ4v) is 3.15. The summed E-state index contributed by atoms with van der Waals surface area (Å²) in [6.07, 6.45) is 11.5. The molecule has 18 heavy (non-hydrogen) atoms. The Morgan fingerprint density at radius 3 is 2.50 bits per heavy atom. The van der Waals surface area contributed by atoms with Crippen LogP contribution >= 0.6 is 11.3 Å². The molecule has 0 aliphatic heterocycles. The van der Waals surface area contributed by atoms with Gasteiger partial charge >= 0.3 is 0 Å². The molecular formula is C15H28N2S. The Hall–Kier alpha value is -0.410. The average molecular weight is 268 g/mol. The Morgan fingerprint density at radius 1 is 1.17 bits per heavy atom. The maximum absolute atomic E-state index is 4.37. The van der Waals surface area contributed by atoms with Crippen LogP contribution in [0.4, 0.5) is 0 Å². The Morgan fingerprint density at radius 2 is 1.89 bits per heavy atom. The fourth-order valence-electron chi connectivity index (χ4n) is 2.26. The maximum Gasteiger partial charge on any atom is 0.0897 e. The number of thiazole rings is 1. The second-order valence-corrected chi connectivity index (χ2v) is 6.21. The van der Waals surface area contributed by atoms with E-state index in [2.05, 4.69) is 31.1 Å². The lowest BCUT2D eigenvalue weighted by Gasteiger charge is -2.15. The monoisotopic (exact) mass is 268 g/mol. The molecule has 1 heterocycles. The van der Waals surface area contributed by atoms with Crippen molar-refractivity contribution in [1.82, 2.24) is 10.3 Å². The van der Waals surface area contributed by atoms with Crippen LogP contribution in [-0.4, -0.2) is 11.5 Å². The first-order chi connectivity index (χ1) is 8.77. The van der Waals surface area contributed by atoms with E-state index in [0.29, 0.717) is 6.04 Å². The molecular weight excluding hydrogens is 240 g/mol. The van der Waals surface area contributed by atoms with Gasteiger partial charge in [0.25, 0.3) is 0 Å². The van der Waals surface area contributed by atoms with E-state index >= 15 is 0 Å². The zero-order valence-electron chi connectivity index (χ0n) is 12.2. The van der Waals surface area contributed by atoms with Crippen LogP contribution in [0.2, 0.25) is 0 Å². The molecule has 104 valence electrons. The molecule has 0 saturated carbocycles. The second-order valence-electron chi connectivity index (χ2n) is 4.95. The fraction of sp³-hybridized carbons (Fsp3) is 0.800. The number of unbranched alkanes of at least 4 members (excludes halogenated alkanes) is 5. The number of nitrogens with zero attached hydrogens (tertiary/aromatic N) is 1. The van der Waals surface area contributed by atoms with Gasteiger partial charge in [-0.2, -0.15) is 0 Å². The number of aromatic nitrogens is 1. The van der Waals surface area contributed by atoms with Gasteiger partial charge in [-0.3, -0.25) is 0 Å². The number of nitrogens with one attached hydrogen (secondary N) is 1. The summed E-state index contributed by atoms with van der Waals surface area (Å²) in [5, 5.41) is 4.76. The van der Waals surface area contributed by atoms with E-state index < -0.39 is 0 Å². The summed E-state index contributed by atoms with van der Waals surface area (Å²) in [7, 11) is 0. The molecule has 0 amide bonds. The van der Waals surface area contributed by atoms with Gasteiger partial charge in [0.05, 0.1) is 5.01 Å². The predicted octanol–water partition coefficient (Wildman–Crippen LogP) is 4.85. The van der Waals surface area contributed by atoms with Crippen LogP contribution in [0.1, 0.15) is 74.7 Å². The van der Waals surface area contributed by atoms with E-state index in [-0.39, 0.29) is 0 Å². The van der Waals surface area contributed by atoms with Crippen LogP contribution in [-0.2, 0) is 0 Å². The van der Waals surface area contributed by atoms with E-state index in [1.807, 2.05) is 17.5 Å². The number of hydrogen-bond acceptors (Lipinski definition) is 3. The van der Waals surface area contributed by atoms with Crippen molar-refractivity contribution in [3.05, 3.63) is 16.1 Å². The molecule has 3 heteroatoms. The van der Waals surface area contributed by atoms with Crippen LogP contribution in [0, 0.1) is 6.92 Å². The number of rotatable bonds is 10.